The van der Waals surface area contributed by atoms with Crippen LogP contribution in [0, 0.1) is 0 Å². The van der Waals surface area contributed by atoms with E-state index in [1.807, 2.05) is 0 Å². The molecule has 0 saturated heterocycles. The number of carbonyl (C=O) groups excluding carboxylic acids is 2. The summed E-state index contributed by atoms with van der Waals surface area (Å²) in [5.41, 5.74) is 1.16. The third kappa shape index (κ3) is 10.5. The van der Waals surface area contributed by atoms with Crippen molar-refractivity contribution in [1.82, 2.24) is 10.8 Å². The van der Waals surface area contributed by atoms with E-state index in [2.05, 4.69) is 10.2 Å². The number of rotatable bonds is 5. The zero-order valence-electron chi connectivity index (χ0n) is 9.90. The van der Waals surface area contributed by atoms with Crippen LogP contribution in [-0.4, -0.2) is 41.8 Å². The van der Waals surface area contributed by atoms with Crippen molar-refractivity contribution >= 4 is 18.0 Å². The van der Waals surface area contributed by atoms with Gasteiger partial charge in [-0.05, 0) is 20.8 Å². The standard InChI is InChI=1S/C9H16N2O6/c1-9(2,3)17-7(14)4-10-8(15)11-16-5-6(12)13/h4-5H2,1-3H3,(H,12,13)(H2,10,11,15). The van der Waals surface area contributed by atoms with Crippen molar-refractivity contribution in [3.05, 3.63) is 0 Å². The van der Waals surface area contributed by atoms with Gasteiger partial charge in [-0.1, -0.05) is 0 Å². The van der Waals surface area contributed by atoms with Crippen molar-refractivity contribution in [3.63, 3.8) is 0 Å². The quantitative estimate of drug-likeness (QED) is 0.452. The van der Waals surface area contributed by atoms with Crippen LogP contribution in [0.25, 0.3) is 0 Å². The van der Waals surface area contributed by atoms with Crippen molar-refractivity contribution < 1.29 is 29.1 Å². The number of hydrogen-bond donors (Lipinski definition) is 3. The summed E-state index contributed by atoms with van der Waals surface area (Å²) in [5, 5.41) is 10.3. The van der Waals surface area contributed by atoms with Crippen LogP contribution in [0.1, 0.15) is 20.8 Å². The summed E-state index contributed by atoms with van der Waals surface area (Å²) >= 11 is 0. The Bertz CT molecular complexity index is 296. The van der Waals surface area contributed by atoms with Gasteiger partial charge in [0.15, 0.2) is 6.61 Å². The average molecular weight is 248 g/mol. The van der Waals surface area contributed by atoms with E-state index in [0.717, 1.165) is 0 Å². The second-order valence-electron chi connectivity index (χ2n) is 4.05. The molecule has 0 unspecified atom stereocenters. The van der Waals surface area contributed by atoms with Gasteiger partial charge in [-0.25, -0.2) is 15.1 Å². The summed E-state index contributed by atoms with van der Waals surface area (Å²) in [6, 6.07) is -0.822. The minimum absolute atomic E-state index is 0.334. The number of esters is 1. The van der Waals surface area contributed by atoms with Gasteiger partial charge in [0.25, 0.3) is 0 Å². The first-order chi connectivity index (χ1) is 7.70. The predicted octanol–water partition coefficient (Wildman–Crippen LogP) is -0.356. The highest BCUT2D eigenvalue weighted by molar-refractivity contribution is 5.80. The van der Waals surface area contributed by atoms with Gasteiger partial charge in [-0.3, -0.25) is 9.63 Å². The first kappa shape index (κ1) is 15.2. The molecule has 17 heavy (non-hydrogen) atoms. The first-order valence-corrected chi connectivity index (χ1v) is 4.80. The van der Waals surface area contributed by atoms with E-state index in [1.165, 1.54) is 0 Å². The molecular weight excluding hydrogens is 232 g/mol. The van der Waals surface area contributed by atoms with E-state index in [9.17, 15) is 14.4 Å². The summed E-state index contributed by atoms with van der Waals surface area (Å²) < 4.78 is 4.91. The molecule has 0 fully saturated rings. The third-order valence-corrected chi connectivity index (χ3v) is 1.17. The molecule has 8 heteroatoms. The molecule has 0 rings (SSSR count). The Balaban J connectivity index is 3.70. The lowest BCUT2D eigenvalue weighted by Crippen LogP contribution is -2.41. The maximum absolute atomic E-state index is 11.1. The van der Waals surface area contributed by atoms with Crippen molar-refractivity contribution in [2.24, 2.45) is 0 Å². The minimum Gasteiger partial charge on any atom is -0.479 e. The number of carboxylic acid groups (broad SMARTS) is 1. The zero-order valence-corrected chi connectivity index (χ0v) is 9.90. The second-order valence-corrected chi connectivity index (χ2v) is 4.05. The lowest BCUT2D eigenvalue weighted by molar-refractivity contribution is -0.153. The fourth-order valence-corrected chi connectivity index (χ4v) is 0.729. The Kier molecular flexibility index (Phi) is 5.97. The second kappa shape index (κ2) is 6.69. The average Bonchev–Trinajstić information content (AvgIpc) is 2.11. The predicted molar refractivity (Wildman–Crippen MR) is 56.0 cm³/mol. The summed E-state index contributed by atoms with van der Waals surface area (Å²) in [6.45, 7) is 4.09. The number of urea groups is 1. The SMILES string of the molecule is CC(C)(C)OC(=O)CNC(=O)NOCC(=O)O. The molecule has 0 spiro atoms. The van der Waals surface area contributed by atoms with E-state index in [4.69, 9.17) is 9.84 Å². The highest BCUT2D eigenvalue weighted by Gasteiger charge is 2.16. The fourth-order valence-electron chi connectivity index (χ4n) is 0.729. The molecule has 0 aromatic carbocycles. The van der Waals surface area contributed by atoms with Crippen LogP contribution in [0.3, 0.4) is 0 Å². The van der Waals surface area contributed by atoms with Crippen molar-refractivity contribution in [3.8, 4) is 0 Å². The Morgan fingerprint density at radius 2 is 1.82 bits per heavy atom. The van der Waals surface area contributed by atoms with Gasteiger partial charge in [0.05, 0.1) is 0 Å². The van der Waals surface area contributed by atoms with Gasteiger partial charge in [0, 0.05) is 0 Å². The Morgan fingerprint density at radius 1 is 1.24 bits per heavy atom. The molecular formula is C9H16N2O6. The number of aliphatic carboxylic acids is 1. The summed E-state index contributed by atoms with van der Waals surface area (Å²) in [5.74, 6) is -1.83. The van der Waals surface area contributed by atoms with Crippen molar-refractivity contribution in [2.45, 2.75) is 26.4 Å². The van der Waals surface area contributed by atoms with E-state index >= 15 is 0 Å². The Hall–Kier alpha value is -1.83. The number of nitrogens with one attached hydrogen (secondary N) is 2. The number of ether oxygens (including phenoxy) is 1. The van der Waals surface area contributed by atoms with Gasteiger partial charge in [0.2, 0.25) is 0 Å². The van der Waals surface area contributed by atoms with Crippen LogP contribution in [0.4, 0.5) is 4.79 Å². The molecule has 0 aliphatic rings. The van der Waals surface area contributed by atoms with E-state index in [0.29, 0.717) is 0 Å². The highest BCUT2D eigenvalue weighted by Crippen LogP contribution is 2.05. The molecule has 0 bridgehead atoms. The Morgan fingerprint density at radius 3 is 2.29 bits per heavy atom. The lowest BCUT2D eigenvalue weighted by Gasteiger charge is -2.19. The smallest absolute Gasteiger partial charge is 0.339 e. The third-order valence-electron chi connectivity index (χ3n) is 1.17. The van der Waals surface area contributed by atoms with Crippen molar-refractivity contribution in [1.29, 1.82) is 0 Å². The molecule has 0 radical (unpaired) electrons. The van der Waals surface area contributed by atoms with Crippen molar-refractivity contribution in [2.75, 3.05) is 13.2 Å². The van der Waals surface area contributed by atoms with Gasteiger partial charge in [-0.15, -0.1) is 0 Å². The molecule has 0 heterocycles. The maximum atomic E-state index is 11.1. The normalized spacial score (nSPS) is 10.5. The minimum atomic E-state index is -1.22. The van der Waals surface area contributed by atoms with Gasteiger partial charge in [-0.2, -0.15) is 0 Å². The maximum Gasteiger partial charge on any atom is 0.339 e. The van der Waals surface area contributed by atoms with E-state index < -0.39 is 30.2 Å². The molecule has 0 aliphatic carbocycles. The molecule has 98 valence electrons. The topological polar surface area (TPSA) is 114 Å². The van der Waals surface area contributed by atoms with Gasteiger partial charge >= 0.3 is 18.0 Å². The number of amides is 2. The van der Waals surface area contributed by atoms with E-state index in [1.54, 1.807) is 26.3 Å². The summed E-state index contributed by atoms with van der Waals surface area (Å²) in [6.07, 6.45) is 0. The monoisotopic (exact) mass is 248 g/mol. The van der Waals surface area contributed by atoms with Crippen LogP contribution in [0.2, 0.25) is 0 Å². The van der Waals surface area contributed by atoms with Crippen LogP contribution < -0.4 is 10.8 Å². The molecule has 3 N–H and O–H groups in total. The molecule has 0 saturated carbocycles. The number of carbonyl (C=O) groups is 3. The van der Waals surface area contributed by atoms with E-state index in [-0.39, 0.29) is 6.54 Å². The highest BCUT2D eigenvalue weighted by atomic mass is 16.7. The number of hydrogen-bond acceptors (Lipinski definition) is 5. The largest absolute Gasteiger partial charge is 0.479 e. The number of hydroxylamine groups is 1. The Labute approximate surface area is 98.2 Å². The van der Waals surface area contributed by atoms with Crippen LogP contribution in [0.15, 0.2) is 0 Å². The first-order valence-electron chi connectivity index (χ1n) is 4.80. The summed E-state index contributed by atoms with van der Waals surface area (Å²) in [4.78, 5) is 36.4. The van der Waals surface area contributed by atoms with Crippen LogP contribution in [0.5, 0.6) is 0 Å². The molecule has 0 atom stereocenters. The lowest BCUT2D eigenvalue weighted by atomic mass is 10.2. The molecule has 0 aromatic rings. The van der Waals surface area contributed by atoms with Crippen LogP contribution in [-0.2, 0) is 19.2 Å². The molecule has 8 nitrogen and oxygen atoms in total. The molecule has 0 aromatic heterocycles. The van der Waals surface area contributed by atoms with Gasteiger partial charge < -0.3 is 15.2 Å². The fraction of sp³-hybridized carbons (Fsp3) is 0.667. The number of carboxylic acids is 1. The molecule has 2 amide bonds. The summed E-state index contributed by atoms with van der Waals surface area (Å²) in [7, 11) is 0. The van der Waals surface area contributed by atoms with Crippen LogP contribution >= 0.6 is 0 Å². The zero-order chi connectivity index (χ0) is 13.5. The molecule has 0 aliphatic heterocycles. The van der Waals surface area contributed by atoms with Gasteiger partial charge in [0.1, 0.15) is 12.1 Å².